The summed E-state index contributed by atoms with van der Waals surface area (Å²) in [5.41, 5.74) is 0. The van der Waals surface area contributed by atoms with E-state index in [1.165, 1.54) is 0 Å². The molecule has 1 aliphatic rings. The Balaban J connectivity index is 2.24. The predicted octanol–water partition coefficient (Wildman–Crippen LogP) is -0.379. The lowest BCUT2D eigenvalue weighted by atomic mass is 10.1. The normalized spacial score (nSPS) is 29.9. The highest BCUT2D eigenvalue weighted by Crippen LogP contribution is 2.24. The van der Waals surface area contributed by atoms with Crippen LogP contribution in [0.5, 0.6) is 0 Å². The van der Waals surface area contributed by atoms with Gasteiger partial charge in [-0.1, -0.05) is 6.42 Å². The number of aliphatic hydroxyl groups excluding tert-OH is 2. The zero-order chi connectivity index (χ0) is 9.68. The molecular weight excluding hydrogens is 168 g/mol. The van der Waals surface area contributed by atoms with Crippen molar-refractivity contribution >= 4 is 0 Å². The van der Waals surface area contributed by atoms with Gasteiger partial charge in [0.1, 0.15) is 0 Å². The first-order valence-electron chi connectivity index (χ1n) is 4.70. The second-order valence-electron chi connectivity index (χ2n) is 3.52. The molecule has 0 spiro atoms. The highest BCUT2D eigenvalue weighted by molar-refractivity contribution is 4.96. The summed E-state index contributed by atoms with van der Waals surface area (Å²) in [6, 6.07) is 2.45. The van der Waals surface area contributed by atoms with Gasteiger partial charge >= 0.3 is 0 Å². The van der Waals surface area contributed by atoms with Gasteiger partial charge in [-0.05, 0) is 12.8 Å². The van der Waals surface area contributed by atoms with Crippen molar-refractivity contribution in [3.05, 3.63) is 0 Å². The maximum absolute atomic E-state index is 9.08. The van der Waals surface area contributed by atoms with Gasteiger partial charge in [0.05, 0.1) is 24.7 Å². The van der Waals surface area contributed by atoms with Crippen LogP contribution in [0.2, 0.25) is 0 Å². The van der Waals surface area contributed by atoms with Crippen LogP contribution in [0.25, 0.3) is 0 Å². The van der Waals surface area contributed by atoms with Crippen molar-refractivity contribution in [1.82, 2.24) is 5.32 Å². The van der Waals surface area contributed by atoms with Crippen molar-refractivity contribution in [2.75, 3.05) is 13.2 Å². The molecular formula is C9H16N2O2. The second-order valence-corrected chi connectivity index (χ2v) is 3.52. The fourth-order valence-electron chi connectivity index (χ4n) is 1.71. The standard InChI is InChI=1S/C9H16N2O2/c10-4-7-2-1-3-9(7)11-5-8(13)6-12/h7-9,11-13H,1-3,5-6H2. The van der Waals surface area contributed by atoms with Crippen molar-refractivity contribution in [2.24, 2.45) is 5.92 Å². The van der Waals surface area contributed by atoms with E-state index in [0.717, 1.165) is 19.3 Å². The van der Waals surface area contributed by atoms with Crippen molar-refractivity contribution < 1.29 is 10.2 Å². The van der Waals surface area contributed by atoms with Gasteiger partial charge in [-0.3, -0.25) is 0 Å². The smallest absolute Gasteiger partial charge is 0.0895 e. The van der Waals surface area contributed by atoms with Crippen LogP contribution in [0.3, 0.4) is 0 Å². The van der Waals surface area contributed by atoms with Crippen molar-refractivity contribution in [3.8, 4) is 6.07 Å². The van der Waals surface area contributed by atoms with Gasteiger partial charge in [0.25, 0.3) is 0 Å². The Bertz CT molecular complexity index is 191. The molecule has 0 aromatic carbocycles. The summed E-state index contributed by atoms with van der Waals surface area (Å²) in [6.07, 6.45) is 2.31. The van der Waals surface area contributed by atoms with Gasteiger partial charge in [0.15, 0.2) is 0 Å². The van der Waals surface area contributed by atoms with Gasteiger partial charge in [-0.25, -0.2) is 0 Å². The third kappa shape index (κ3) is 2.96. The third-order valence-corrected chi connectivity index (χ3v) is 2.51. The lowest BCUT2D eigenvalue weighted by Crippen LogP contribution is -2.38. The van der Waals surface area contributed by atoms with Gasteiger partial charge in [-0.15, -0.1) is 0 Å². The summed E-state index contributed by atoms with van der Waals surface area (Å²) in [5, 5.41) is 29.5. The van der Waals surface area contributed by atoms with E-state index in [2.05, 4.69) is 11.4 Å². The molecule has 4 nitrogen and oxygen atoms in total. The Kier molecular flexibility index (Phi) is 4.16. The molecule has 1 saturated carbocycles. The maximum Gasteiger partial charge on any atom is 0.0895 e. The molecule has 1 fully saturated rings. The van der Waals surface area contributed by atoms with Crippen LogP contribution in [0.4, 0.5) is 0 Å². The number of hydrogen-bond donors (Lipinski definition) is 3. The van der Waals surface area contributed by atoms with E-state index in [1.807, 2.05) is 0 Å². The Morgan fingerprint density at radius 2 is 2.31 bits per heavy atom. The van der Waals surface area contributed by atoms with E-state index in [4.69, 9.17) is 15.5 Å². The SMILES string of the molecule is N#CC1CCCC1NCC(O)CO. The van der Waals surface area contributed by atoms with Gasteiger partial charge in [-0.2, -0.15) is 5.26 Å². The molecule has 74 valence electrons. The zero-order valence-corrected chi connectivity index (χ0v) is 7.61. The molecule has 0 saturated heterocycles. The van der Waals surface area contributed by atoms with Crippen molar-refractivity contribution in [2.45, 2.75) is 31.4 Å². The molecule has 13 heavy (non-hydrogen) atoms. The summed E-state index contributed by atoms with van der Waals surface area (Å²) >= 11 is 0. The number of rotatable bonds is 4. The summed E-state index contributed by atoms with van der Waals surface area (Å²) < 4.78 is 0. The Morgan fingerprint density at radius 1 is 1.54 bits per heavy atom. The molecule has 3 atom stereocenters. The average molecular weight is 184 g/mol. The minimum Gasteiger partial charge on any atom is -0.394 e. The summed E-state index contributed by atoms with van der Waals surface area (Å²) in [4.78, 5) is 0. The molecule has 4 heteroatoms. The molecule has 1 rings (SSSR count). The minimum absolute atomic E-state index is 0.0749. The molecule has 3 N–H and O–H groups in total. The van der Waals surface area contributed by atoms with E-state index in [1.54, 1.807) is 0 Å². The first kappa shape index (κ1) is 10.5. The van der Waals surface area contributed by atoms with Crippen LogP contribution >= 0.6 is 0 Å². The minimum atomic E-state index is -0.708. The van der Waals surface area contributed by atoms with Gasteiger partial charge in [0.2, 0.25) is 0 Å². The summed E-state index contributed by atoms with van der Waals surface area (Å²) in [5.74, 6) is 0.0749. The fraction of sp³-hybridized carbons (Fsp3) is 0.889. The molecule has 0 heterocycles. The molecule has 0 aliphatic heterocycles. The summed E-state index contributed by atoms with van der Waals surface area (Å²) in [6.45, 7) is 0.149. The molecule has 0 amide bonds. The third-order valence-electron chi connectivity index (χ3n) is 2.51. The van der Waals surface area contributed by atoms with Crippen LogP contribution < -0.4 is 5.32 Å². The maximum atomic E-state index is 9.08. The molecule has 0 aromatic heterocycles. The first-order valence-corrected chi connectivity index (χ1v) is 4.70. The number of nitriles is 1. The van der Waals surface area contributed by atoms with Crippen molar-refractivity contribution in [3.63, 3.8) is 0 Å². The largest absolute Gasteiger partial charge is 0.394 e. The van der Waals surface area contributed by atoms with Crippen LogP contribution in [-0.2, 0) is 0 Å². The Morgan fingerprint density at radius 3 is 2.92 bits per heavy atom. The second kappa shape index (κ2) is 5.18. The lowest BCUT2D eigenvalue weighted by molar-refractivity contribution is 0.0912. The first-order chi connectivity index (χ1) is 6.27. The molecule has 3 unspecified atom stereocenters. The van der Waals surface area contributed by atoms with Crippen LogP contribution in [0, 0.1) is 17.2 Å². The van der Waals surface area contributed by atoms with E-state index in [0.29, 0.717) is 6.54 Å². The van der Waals surface area contributed by atoms with Crippen molar-refractivity contribution in [1.29, 1.82) is 5.26 Å². The Labute approximate surface area is 78.2 Å². The van der Waals surface area contributed by atoms with Gasteiger partial charge < -0.3 is 15.5 Å². The quantitative estimate of drug-likeness (QED) is 0.556. The lowest BCUT2D eigenvalue weighted by Gasteiger charge is -2.17. The molecule has 0 bridgehead atoms. The zero-order valence-electron chi connectivity index (χ0n) is 7.61. The monoisotopic (exact) mass is 184 g/mol. The topological polar surface area (TPSA) is 76.3 Å². The van der Waals surface area contributed by atoms with Crippen LogP contribution in [0.1, 0.15) is 19.3 Å². The number of nitrogens with zero attached hydrogens (tertiary/aromatic N) is 1. The Hall–Kier alpha value is -0.630. The van der Waals surface area contributed by atoms with E-state index >= 15 is 0 Å². The van der Waals surface area contributed by atoms with E-state index < -0.39 is 6.10 Å². The molecule has 0 aromatic rings. The fourth-order valence-corrected chi connectivity index (χ4v) is 1.71. The average Bonchev–Trinajstić information content (AvgIpc) is 2.61. The molecule has 0 radical (unpaired) electrons. The summed E-state index contributed by atoms with van der Waals surface area (Å²) in [7, 11) is 0. The molecule has 1 aliphatic carbocycles. The number of hydrogen-bond acceptors (Lipinski definition) is 4. The highest BCUT2D eigenvalue weighted by atomic mass is 16.3. The van der Waals surface area contributed by atoms with Crippen LogP contribution in [0.15, 0.2) is 0 Å². The number of aliphatic hydroxyl groups is 2. The van der Waals surface area contributed by atoms with E-state index in [-0.39, 0.29) is 18.6 Å². The van der Waals surface area contributed by atoms with Gasteiger partial charge in [0, 0.05) is 12.6 Å². The number of nitrogens with one attached hydrogen (secondary N) is 1. The van der Waals surface area contributed by atoms with E-state index in [9.17, 15) is 0 Å². The predicted molar refractivity (Wildman–Crippen MR) is 47.8 cm³/mol. The highest BCUT2D eigenvalue weighted by Gasteiger charge is 2.26. The van der Waals surface area contributed by atoms with Crippen LogP contribution in [-0.4, -0.2) is 35.5 Å².